The average molecular weight is 431 g/mol. The van der Waals surface area contributed by atoms with Crippen LogP contribution in [0.3, 0.4) is 0 Å². The maximum absolute atomic E-state index is 12.5. The Morgan fingerprint density at radius 3 is 3.00 bits per heavy atom. The van der Waals surface area contributed by atoms with Crippen LogP contribution in [0.4, 0.5) is 5.13 Å². The van der Waals surface area contributed by atoms with Crippen molar-refractivity contribution in [3.05, 3.63) is 53.7 Å². The first-order valence-corrected chi connectivity index (χ1v) is 11.1. The van der Waals surface area contributed by atoms with Gasteiger partial charge in [-0.05, 0) is 35.9 Å². The number of pyridine rings is 1. The van der Waals surface area contributed by atoms with Gasteiger partial charge in [-0.1, -0.05) is 0 Å². The third kappa shape index (κ3) is 4.14. The van der Waals surface area contributed by atoms with Gasteiger partial charge < -0.3 is 10.1 Å². The van der Waals surface area contributed by atoms with Crippen LogP contribution in [0.1, 0.15) is 5.56 Å². The molecular formula is C19H18N4O4S2. The number of likely N-dealkylation sites (N-methyl/N-ethyl adjacent to an activating group) is 1. The molecule has 3 heterocycles. The van der Waals surface area contributed by atoms with Crippen molar-refractivity contribution in [2.75, 3.05) is 25.5 Å². The molecule has 0 radical (unpaired) electrons. The van der Waals surface area contributed by atoms with Crippen molar-refractivity contribution < 1.29 is 17.9 Å². The van der Waals surface area contributed by atoms with Gasteiger partial charge in [0.1, 0.15) is 10.6 Å². The smallest absolute Gasteiger partial charge is 0.244 e. The quantitative estimate of drug-likeness (QED) is 0.644. The molecule has 0 bridgehead atoms. The summed E-state index contributed by atoms with van der Waals surface area (Å²) in [5.74, 6) is 0.429. The van der Waals surface area contributed by atoms with Gasteiger partial charge in [0.25, 0.3) is 0 Å². The van der Waals surface area contributed by atoms with Gasteiger partial charge in [-0.3, -0.25) is 9.78 Å². The molecule has 0 fully saturated rings. The highest BCUT2D eigenvalue weighted by Gasteiger charge is 2.23. The standard InChI is InChI=1S/C19H18N4O4S2/c1-23(29(25,26)15-3-2-7-20-10-15)11-18(24)22-19-21-16(12-28-19)13-4-5-17-14(9-13)6-8-27-17/h2-5,7,9-10,12H,6,8,11H2,1H3,(H,21,22,24). The van der Waals surface area contributed by atoms with Gasteiger partial charge in [-0.15, -0.1) is 11.3 Å². The minimum absolute atomic E-state index is 0.0347. The van der Waals surface area contributed by atoms with E-state index in [-0.39, 0.29) is 11.4 Å². The fourth-order valence-corrected chi connectivity index (χ4v) is 4.76. The topological polar surface area (TPSA) is 101 Å². The highest BCUT2D eigenvalue weighted by atomic mass is 32.2. The molecule has 4 rings (SSSR count). The van der Waals surface area contributed by atoms with Gasteiger partial charge in [0, 0.05) is 36.8 Å². The van der Waals surface area contributed by atoms with Crippen LogP contribution in [0.15, 0.2) is 53.0 Å². The molecule has 0 aliphatic carbocycles. The molecule has 0 spiro atoms. The van der Waals surface area contributed by atoms with Crippen LogP contribution in [-0.2, 0) is 21.2 Å². The van der Waals surface area contributed by atoms with Gasteiger partial charge in [-0.25, -0.2) is 13.4 Å². The Labute approximate surface area is 172 Å². The molecule has 0 atom stereocenters. The van der Waals surface area contributed by atoms with E-state index in [9.17, 15) is 13.2 Å². The predicted molar refractivity (Wildman–Crippen MR) is 109 cm³/mol. The van der Waals surface area contributed by atoms with Crippen molar-refractivity contribution in [3.8, 4) is 17.0 Å². The number of hydrogen-bond acceptors (Lipinski definition) is 7. The molecule has 10 heteroatoms. The van der Waals surface area contributed by atoms with Crippen molar-refractivity contribution in [2.45, 2.75) is 11.3 Å². The molecule has 1 aliphatic heterocycles. The van der Waals surface area contributed by atoms with Gasteiger partial charge in [0.05, 0.1) is 18.8 Å². The summed E-state index contributed by atoms with van der Waals surface area (Å²) in [6.45, 7) is 0.356. The van der Waals surface area contributed by atoms with E-state index < -0.39 is 15.9 Å². The summed E-state index contributed by atoms with van der Waals surface area (Å²) in [6.07, 6.45) is 3.60. The number of rotatable bonds is 6. The molecule has 1 amide bonds. The number of fused-ring (bicyclic) bond motifs is 1. The predicted octanol–water partition coefficient (Wildman–Crippen LogP) is 2.40. The molecular weight excluding hydrogens is 412 g/mol. The Balaban J connectivity index is 1.42. The summed E-state index contributed by atoms with van der Waals surface area (Å²) >= 11 is 1.28. The molecule has 1 aliphatic rings. The van der Waals surface area contributed by atoms with Crippen LogP contribution < -0.4 is 10.1 Å². The second-order valence-electron chi connectivity index (χ2n) is 6.46. The number of amides is 1. The first kappa shape index (κ1) is 19.5. The van der Waals surface area contributed by atoms with E-state index in [0.717, 1.165) is 33.3 Å². The Morgan fingerprint density at radius 2 is 2.21 bits per heavy atom. The summed E-state index contributed by atoms with van der Waals surface area (Å²) in [7, 11) is -2.44. The Morgan fingerprint density at radius 1 is 1.34 bits per heavy atom. The number of nitrogens with one attached hydrogen (secondary N) is 1. The van der Waals surface area contributed by atoms with Crippen LogP contribution in [0.25, 0.3) is 11.3 Å². The number of aromatic nitrogens is 2. The summed E-state index contributed by atoms with van der Waals surface area (Å²) in [6, 6.07) is 8.86. The number of ether oxygens (including phenoxy) is 1. The molecule has 1 N–H and O–H groups in total. The van der Waals surface area contributed by atoms with E-state index >= 15 is 0 Å². The summed E-state index contributed by atoms with van der Waals surface area (Å²) < 4.78 is 31.5. The number of thiazole rings is 1. The van der Waals surface area contributed by atoms with Crippen molar-refractivity contribution in [2.24, 2.45) is 0 Å². The maximum Gasteiger partial charge on any atom is 0.244 e. The Kier molecular flexibility index (Phi) is 5.31. The van der Waals surface area contributed by atoms with E-state index in [1.54, 1.807) is 0 Å². The van der Waals surface area contributed by atoms with E-state index in [2.05, 4.69) is 15.3 Å². The fraction of sp³-hybridized carbons (Fsp3) is 0.211. The molecule has 29 heavy (non-hydrogen) atoms. The van der Waals surface area contributed by atoms with E-state index in [1.807, 2.05) is 23.6 Å². The van der Waals surface area contributed by atoms with Crippen LogP contribution >= 0.6 is 11.3 Å². The maximum atomic E-state index is 12.5. The molecule has 0 saturated heterocycles. The van der Waals surface area contributed by atoms with Crippen molar-refractivity contribution in [3.63, 3.8) is 0 Å². The first-order valence-electron chi connectivity index (χ1n) is 8.81. The number of carbonyl (C=O) groups excluding carboxylic acids is 1. The van der Waals surface area contributed by atoms with Crippen LogP contribution in [-0.4, -0.2) is 48.8 Å². The second kappa shape index (κ2) is 7.90. The fourth-order valence-electron chi connectivity index (χ4n) is 2.94. The highest BCUT2D eigenvalue weighted by Crippen LogP contribution is 2.31. The highest BCUT2D eigenvalue weighted by molar-refractivity contribution is 7.89. The van der Waals surface area contributed by atoms with Crippen molar-refractivity contribution in [1.29, 1.82) is 0 Å². The lowest BCUT2D eigenvalue weighted by atomic mass is 10.1. The normalized spacial score (nSPS) is 13.2. The molecule has 0 saturated carbocycles. The zero-order valence-corrected chi connectivity index (χ0v) is 17.2. The molecule has 2 aromatic heterocycles. The SMILES string of the molecule is CN(CC(=O)Nc1nc(-c2ccc3c(c2)CCO3)cs1)S(=O)(=O)c1cccnc1. The Bertz CT molecular complexity index is 1150. The monoisotopic (exact) mass is 430 g/mol. The number of benzene rings is 1. The third-order valence-corrected chi connectivity index (χ3v) is 6.99. The molecule has 150 valence electrons. The minimum Gasteiger partial charge on any atom is -0.493 e. The molecule has 0 unspecified atom stereocenters. The zero-order chi connectivity index (χ0) is 20.4. The van der Waals surface area contributed by atoms with Gasteiger partial charge in [-0.2, -0.15) is 4.31 Å². The van der Waals surface area contributed by atoms with E-state index in [0.29, 0.717) is 11.7 Å². The lowest BCUT2D eigenvalue weighted by molar-refractivity contribution is -0.116. The van der Waals surface area contributed by atoms with Crippen molar-refractivity contribution >= 4 is 32.4 Å². The van der Waals surface area contributed by atoms with E-state index in [4.69, 9.17) is 4.74 Å². The van der Waals surface area contributed by atoms with Gasteiger partial charge in [0.2, 0.25) is 15.9 Å². The van der Waals surface area contributed by atoms with Crippen LogP contribution in [0, 0.1) is 0 Å². The van der Waals surface area contributed by atoms with Crippen molar-refractivity contribution in [1.82, 2.24) is 14.3 Å². The molecule has 1 aromatic carbocycles. The number of sulfonamides is 1. The number of carbonyl (C=O) groups is 1. The van der Waals surface area contributed by atoms with Gasteiger partial charge >= 0.3 is 0 Å². The largest absolute Gasteiger partial charge is 0.493 e. The number of anilines is 1. The van der Waals surface area contributed by atoms with Crippen LogP contribution in [0.5, 0.6) is 5.75 Å². The zero-order valence-electron chi connectivity index (χ0n) is 15.5. The summed E-state index contributed by atoms with van der Waals surface area (Å²) in [4.78, 5) is 20.6. The summed E-state index contributed by atoms with van der Waals surface area (Å²) in [5.41, 5.74) is 2.84. The lowest BCUT2D eigenvalue weighted by Gasteiger charge is -2.16. The summed E-state index contributed by atoms with van der Waals surface area (Å²) in [5, 5.41) is 4.92. The van der Waals surface area contributed by atoms with Gasteiger partial charge in [0.15, 0.2) is 5.13 Å². The molecule has 8 nitrogen and oxygen atoms in total. The molecule has 3 aromatic rings. The Hall–Kier alpha value is -2.82. The lowest BCUT2D eigenvalue weighted by Crippen LogP contribution is -2.35. The van der Waals surface area contributed by atoms with E-state index in [1.165, 1.54) is 42.9 Å². The minimum atomic E-state index is -3.79. The average Bonchev–Trinajstić information content (AvgIpc) is 3.37. The first-order chi connectivity index (χ1) is 13.9. The third-order valence-electron chi connectivity index (χ3n) is 4.44. The number of hydrogen-bond donors (Lipinski definition) is 1. The van der Waals surface area contributed by atoms with Crippen LogP contribution in [0.2, 0.25) is 0 Å². The second-order valence-corrected chi connectivity index (χ2v) is 9.36. The number of nitrogens with zero attached hydrogens (tertiary/aromatic N) is 3.